The zero-order valence-corrected chi connectivity index (χ0v) is 12.3. The van der Waals surface area contributed by atoms with Gasteiger partial charge in [0.2, 0.25) is 0 Å². The van der Waals surface area contributed by atoms with Crippen molar-refractivity contribution in [2.75, 3.05) is 23.7 Å². The summed E-state index contributed by atoms with van der Waals surface area (Å²) < 4.78 is 0.707. The Balaban J connectivity index is 2.16. The first-order chi connectivity index (χ1) is 9.52. The molecule has 0 radical (unpaired) electrons. The quantitative estimate of drug-likeness (QED) is 0.718. The van der Waals surface area contributed by atoms with E-state index in [2.05, 4.69) is 26.2 Å². The normalized spacial score (nSPS) is 15.9. The highest BCUT2D eigenvalue weighted by molar-refractivity contribution is 9.10. The lowest BCUT2D eigenvalue weighted by Crippen LogP contribution is -2.44. The van der Waals surface area contributed by atoms with Crippen LogP contribution in [0, 0.1) is 0 Å². The second-order valence-corrected chi connectivity index (χ2v) is 5.44. The van der Waals surface area contributed by atoms with Crippen molar-refractivity contribution in [2.24, 2.45) is 0 Å². The number of piperidine rings is 1. The van der Waals surface area contributed by atoms with E-state index in [1.54, 1.807) is 6.20 Å². The van der Waals surface area contributed by atoms with Gasteiger partial charge in [-0.05, 0) is 28.8 Å². The van der Waals surface area contributed by atoms with Crippen molar-refractivity contribution in [2.45, 2.75) is 18.9 Å². The Labute approximate surface area is 124 Å². The molecule has 0 atom stereocenters. The molecule has 20 heavy (non-hydrogen) atoms. The number of halogens is 1. The molecule has 0 unspecified atom stereocenters. The summed E-state index contributed by atoms with van der Waals surface area (Å²) in [5, 5.41) is 11.2. The van der Waals surface area contributed by atoms with Crippen LogP contribution >= 0.6 is 15.9 Å². The van der Waals surface area contributed by atoms with Gasteiger partial charge >= 0.3 is 6.09 Å². The van der Waals surface area contributed by atoms with Crippen molar-refractivity contribution in [3.05, 3.63) is 16.2 Å². The SMILES string of the molecule is Nc1ncc(Br)c(N2CCC(NC(=O)O)CC2)c1C=O. The van der Waals surface area contributed by atoms with E-state index in [1.165, 1.54) is 0 Å². The maximum Gasteiger partial charge on any atom is 0.404 e. The average molecular weight is 343 g/mol. The summed E-state index contributed by atoms with van der Waals surface area (Å²) in [4.78, 5) is 27.8. The zero-order valence-electron chi connectivity index (χ0n) is 10.7. The fourth-order valence-electron chi connectivity index (χ4n) is 2.37. The van der Waals surface area contributed by atoms with E-state index in [-0.39, 0.29) is 11.9 Å². The van der Waals surface area contributed by atoms with E-state index in [0.29, 0.717) is 42.3 Å². The summed E-state index contributed by atoms with van der Waals surface area (Å²) in [7, 11) is 0. The Hall–Kier alpha value is -1.83. The molecule has 2 heterocycles. The maximum absolute atomic E-state index is 11.2. The number of amides is 1. The third-order valence-corrected chi connectivity index (χ3v) is 3.91. The van der Waals surface area contributed by atoms with Gasteiger partial charge < -0.3 is 21.1 Å². The molecular formula is C12H15BrN4O3. The molecule has 108 valence electrons. The van der Waals surface area contributed by atoms with Gasteiger partial charge in [0.15, 0.2) is 6.29 Å². The molecule has 1 aromatic heterocycles. The number of nitrogens with zero attached hydrogens (tertiary/aromatic N) is 2. The van der Waals surface area contributed by atoms with Gasteiger partial charge in [-0.1, -0.05) is 0 Å². The van der Waals surface area contributed by atoms with Crippen molar-refractivity contribution in [1.82, 2.24) is 10.3 Å². The Morgan fingerprint density at radius 2 is 2.20 bits per heavy atom. The molecule has 0 bridgehead atoms. The first-order valence-corrected chi connectivity index (χ1v) is 6.95. The second-order valence-electron chi connectivity index (χ2n) is 4.58. The maximum atomic E-state index is 11.2. The Morgan fingerprint density at radius 1 is 1.55 bits per heavy atom. The van der Waals surface area contributed by atoms with Crippen LogP contribution in [0.25, 0.3) is 0 Å². The lowest BCUT2D eigenvalue weighted by molar-refractivity contribution is 0.112. The Morgan fingerprint density at radius 3 is 2.75 bits per heavy atom. The lowest BCUT2D eigenvalue weighted by atomic mass is 10.0. The molecule has 8 heteroatoms. The number of nitrogens with two attached hydrogens (primary N) is 1. The van der Waals surface area contributed by atoms with Crippen LogP contribution in [0.5, 0.6) is 0 Å². The number of anilines is 2. The largest absolute Gasteiger partial charge is 0.465 e. The molecule has 0 aliphatic carbocycles. The summed E-state index contributed by atoms with van der Waals surface area (Å²) in [6, 6.07) is -0.0543. The zero-order chi connectivity index (χ0) is 14.7. The van der Waals surface area contributed by atoms with Crippen LogP contribution in [0.2, 0.25) is 0 Å². The molecule has 1 amide bonds. The Kier molecular flexibility index (Phi) is 4.43. The van der Waals surface area contributed by atoms with Crippen LogP contribution in [0.15, 0.2) is 10.7 Å². The number of hydrogen-bond acceptors (Lipinski definition) is 5. The average Bonchev–Trinajstić information content (AvgIpc) is 2.41. The van der Waals surface area contributed by atoms with E-state index in [1.807, 2.05) is 4.90 Å². The van der Waals surface area contributed by atoms with Crippen molar-refractivity contribution in [3.8, 4) is 0 Å². The highest BCUT2D eigenvalue weighted by atomic mass is 79.9. The number of pyridine rings is 1. The van der Waals surface area contributed by atoms with Crippen LogP contribution in [0.3, 0.4) is 0 Å². The first kappa shape index (κ1) is 14.6. The predicted octanol–water partition coefficient (Wildman–Crippen LogP) is 1.48. The van der Waals surface area contributed by atoms with Gasteiger partial charge in [0, 0.05) is 25.3 Å². The van der Waals surface area contributed by atoms with Gasteiger partial charge in [-0.2, -0.15) is 0 Å². The third kappa shape index (κ3) is 3.01. The molecule has 7 nitrogen and oxygen atoms in total. The van der Waals surface area contributed by atoms with E-state index >= 15 is 0 Å². The number of aldehydes is 1. The van der Waals surface area contributed by atoms with Crippen molar-refractivity contribution >= 4 is 39.8 Å². The minimum atomic E-state index is -1.01. The van der Waals surface area contributed by atoms with Crippen LogP contribution in [-0.2, 0) is 0 Å². The van der Waals surface area contributed by atoms with Gasteiger partial charge in [0.1, 0.15) is 5.82 Å². The molecule has 1 saturated heterocycles. The molecule has 2 rings (SSSR count). The number of nitrogens with one attached hydrogen (secondary N) is 1. The van der Waals surface area contributed by atoms with Gasteiger partial charge in [0.25, 0.3) is 0 Å². The van der Waals surface area contributed by atoms with Gasteiger partial charge in [-0.25, -0.2) is 9.78 Å². The van der Waals surface area contributed by atoms with E-state index in [9.17, 15) is 9.59 Å². The van der Waals surface area contributed by atoms with Crippen LogP contribution in [-0.4, -0.2) is 41.6 Å². The highest BCUT2D eigenvalue weighted by Crippen LogP contribution is 2.33. The molecule has 0 aromatic carbocycles. The second kappa shape index (κ2) is 6.08. The minimum Gasteiger partial charge on any atom is -0.465 e. The van der Waals surface area contributed by atoms with Gasteiger partial charge in [-0.3, -0.25) is 4.79 Å². The van der Waals surface area contributed by atoms with Crippen molar-refractivity contribution in [1.29, 1.82) is 0 Å². The van der Waals surface area contributed by atoms with Gasteiger partial charge in [0.05, 0.1) is 15.7 Å². The summed E-state index contributed by atoms with van der Waals surface area (Å²) in [6.07, 6.45) is 2.62. The van der Waals surface area contributed by atoms with Gasteiger partial charge in [-0.15, -0.1) is 0 Å². The fourth-order valence-corrected chi connectivity index (χ4v) is 2.93. The molecule has 1 fully saturated rings. The number of aromatic nitrogens is 1. The summed E-state index contributed by atoms with van der Waals surface area (Å²) in [5.41, 5.74) is 6.81. The van der Waals surface area contributed by atoms with E-state index in [4.69, 9.17) is 10.8 Å². The standard InChI is InChI=1S/C12H15BrN4O3/c13-9-5-15-11(14)8(6-18)10(9)17-3-1-7(2-4-17)16-12(19)20/h5-7,16H,1-4H2,(H2,14,15)(H,19,20). The van der Waals surface area contributed by atoms with Crippen molar-refractivity contribution in [3.63, 3.8) is 0 Å². The number of carbonyl (C=O) groups excluding carboxylic acids is 1. The molecule has 0 spiro atoms. The van der Waals surface area contributed by atoms with Crippen molar-refractivity contribution < 1.29 is 14.7 Å². The molecule has 4 N–H and O–H groups in total. The molecule has 1 aromatic rings. The number of nitrogen functional groups attached to an aromatic ring is 1. The molecule has 1 aliphatic rings. The van der Waals surface area contributed by atoms with Crippen LogP contribution < -0.4 is 16.0 Å². The first-order valence-electron chi connectivity index (χ1n) is 6.16. The Bertz CT molecular complexity index is 530. The highest BCUT2D eigenvalue weighted by Gasteiger charge is 2.24. The monoisotopic (exact) mass is 342 g/mol. The molecule has 0 saturated carbocycles. The molecule has 1 aliphatic heterocycles. The fraction of sp³-hybridized carbons (Fsp3) is 0.417. The van der Waals surface area contributed by atoms with Crippen LogP contribution in [0.4, 0.5) is 16.3 Å². The smallest absolute Gasteiger partial charge is 0.404 e. The number of carbonyl (C=O) groups is 2. The third-order valence-electron chi connectivity index (χ3n) is 3.33. The van der Waals surface area contributed by atoms with E-state index < -0.39 is 6.09 Å². The van der Waals surface area contributed by atoms with E-state index in [0.717, 1.165) is 5.69 Å². The topological polar surface area (TPSA) is 109 Å². The predicted molar refractivity (Wildman–Crippen MR) is 78.1 cm³/mol. The summed E-state index contributed by atoms with van der Waals surface area (Å²) >= 11 is 3.38. The summed E-state index contributed by atoms with van der Waals surface area (Å²) in [6.45, 7) is 1.29. The summed E-state index contributed by atoms with van der Waals surface area (Å²) in [5.74, 6) is 0.198. The molecular weight excluding hydrogens is 328 g/mol. The number of hydrogen-bond donors (Lipinski definition) is 3. The lowest BCUT2D eigenvalue weighted by Gasteiger charge is -2.34. The van der Waals surface area contributed by atoms with Crippen LogP contribution in [0.1, 0.15) is 23.2 Å². The number of carboxylic acid groups (broad SMARTS) is 1. The number of rotatable bonds is 3. The minimum absolute atomic E-state index is 0.0543.